The van der Waals surface area contributed by atoms with E-state index in [2.05, 4.69) is 20.9 Å². The van der Waals surface area contributed by atoms with Crippen molar-refractivity contribution in [3.8, 4) is 0 Å². The van der Waals surface area contributed by atoms with Gasteiger partial charge in [-0.05, 0) is 36.4 Å². The first-order valence-corrected chi connectivity index (χ1v) is 10.9. The molecule has 0 radical (unpaired) electrons. The van der Waals surface area contributed by atoms with E-state index in [4.69, 9.17) is 0 Å². The molecular weight excluding hydrogens is 504 g/mol. The van der Waals surface area contributed by atoms with Gasteiger partial charge in [0.25, 0.3) is 5.56 Å². The predicted octanol–water partition coefficient (Wildman–Crippen LogP) is 4.29. The molecule has 0 saturated carbocycles. The summed E-state index contributed by atoms with van der Waals surface area (Å²) in [4.78, 5) is 17.2. The number of allylic oxidation sites excluding steroid dienone is 3. The van der Waals surface area contributed by atoms with Crippen LogP contribution >= 0.6 is 0 Å². The minimum absolute atomic E-state index is 0.0737. The van der Waals surface area contributed by atoms with Crippen LogP contribution in [0.4, 0.5) is 37.8 Å². The van der Waals surface area contributed by atoms with Gasteiger partial charge in [0.2, 0.25) is 6.35 Å². The van der Waals surface area contributed by atoms with Gasteiger partial charge in [-0.2, -0.15) is 13.2 Å². The fourth-order valence-electron chi connectivity index (χ4n) is 3.99. The number of aromatic nitrogens is 2. The van der Waals surface area contributed by atoms with Crippen LogP contribution in [0.1, 0.15) is 11.5 Å². The van der Waals surface area contributed by atoms with Crippen LogP contribution in [0.15, 0.2) is 71.1 Å². The average Bonchev–Trinajstić information content (AvgIpc) is 2.81. The first kappa shape index (κ1) is 26.1. The van der Waals surface area contributed by atoms with Crippen molar-refractivity contribution in [3.05, 3.63) is 88.0 Å². The number of benzene rings is 1. The van der Waals surface area contributed by atoms with E-state index in [1.54, 1.807) is 0 Å². The van der Waals surface area contributed by atoms with Crippen LogP contribution in [0, 0.1) is 5.82 Å². The summed E-state index contributed by atoms with van der Waals surface area (Å²) in [6, 6.07) is 7.51. The van der Waals surface area contributed by atoms with E-state index in [1.807, 2.05) is 0 Å². The Bertz CT molecular complexity index is 1440. The molecule has 0 bridgehead atoms. The highest BCUT2D eigenvalue weighted by molar-refractivity contribution is 5.81. The van der Waals surface area contributed by atoms with Gasteiger partial charge in [-0.15, -0.1) is 0 Å². The van der Waals surface area contributed by atoms with Crippen LogP contribution in [0.2, 0.25) is 0 Å². The van der Waals surface area contributed by atoms with Gasteiger partial charge >= 0.3 is 6.18 Å². The van der Waals surface area contributed by atoms with Crippen molar-refractivity contribution >= 4 is 22.4 Å². The second kappa shape index (κ2) is 10.2. The van der Waals surface area contributed by atoms with E-state index in [0.717, 1.165) is 12.1 Å². The van der Waals surface area contributed by atoms with Gasteiger partial charge < -0.3 is 21.1 Å². The molecule has 1 aliphatic rings. The summed E-state index contributed by atoms with van der Waals surface area (Å²) < 4.78 is 83.3. The molecule has 3 unspecified atom stereocenters. The lowest BCUT2D eigenvalue weighted by Gasteiger charge is -2.26. The molecule has 0 saturated heterocycles. The molecule has 4 N–H and O–H groups in total. The molecule has 4 rings (SSSR count). The smallest absolute Gasteiger partial charge is 0.373 e. The van der Waals surface area contributed by atoms with Gasteiger partial charge in [0.05, 0.1) is 11.2 Å². The Morgan fingerprint density at radius 1 is 1.14 bits per heavy atom. The molecule has 3 aromatic rings. The fourth-order valence-corrected chi connectivity index (χ4v) is 3.99. The number of nitrogens with one attached hydrogen (secondary N) is 3. The number of rotatable bonds is 7. The molecule has 2 heterocycles. The zero-order chi connectivity index (χ0) is 26.9. The Hall–Kier alpha value is -4.00. The summed E-state index contributed by atoms with van der Waals surface area (Å²) in [5.41, 5.74) is -1.82. The molecule has 0 spiro atoms. The minimum Gasteiger partial charge on any atom is -0.373 e. The number of aliphatic hydroxyl groups is 1. The van der Waals surface area contributed by atoms with E-state index in [-0.39, 0.29) is 28.0 Å². The van der Waals surface area contributed by atoms with Crippen LogP contribution in [-0.4, -0.2) is 40.4 Å². The van der Waals surface area contributed by atoms with Crippen molar-refractivity contribution in [1.82, 2.24) is 14.9 Å². The third-order valence-electron chi connectivity index (χ3n) is 5.63. The number of aliphatic hydroxyl groups excluding tert-OH is 1. The lowest BCUT2D eigenvalue weighted by molar-refractivity contribution is -0.140. The Morgan fingerprint density at radius 2 is 1.89 bits per heavy atom. The topological polar surface area (TPSA) is 91.2 Å². The normalized spacial score (nSPS) is 18.7. The molecule has 1 aromatic carbocycles. The number of fused-ring (bicyclic) bond motifs is 1. The Labute approximate surface area is 206 Å². The maximum absolute atomic E-state index is 15.0. The van der Waals surface area contributed by atoms with Crippen LogP contribution in [0.3, 0.4) is 0 Å². The van der Waals surface area contributed by atoms with Crippen molar-refractivity contribution < 1.29 is 31.4 Å². The van der Waals surface area contributed by atoms with Gasteiger partial charge in [0, 0.05) is 41.9 Å². The highest BCUT2D eigenvalue weighted by atomic mass is 19.4. The maximum Gasteiger partial charge on any atom is 0.406 e. The average molecular weight is 525 g/mol. The Morgan fingerprint density at radius 3 is 2.57 bits per heavy atom. The predicted molar refractivity (Wildman–Crippen MR) is 126 cm³/mol. The second-order valence-electron chi connectivity index (χ2n) is 8.25. The van der Waals surface area contributed by atoms with Gasteiger partial charge in [-0.25, -0.2) is 18.2 Å². The van der Waals surface area contributed by atoms with Gasteiger partial charge in [-0.1, -0.05) is 6.07 Å². The second-order valence-corrected chi connectivity index (χ2v) is 8.25. The quantitative estimate of drug-likeness (QED) is 0.272. The van der Waals surface area contributed by atoms with Gasteiger partial charge in [0.1, 0.15) is 30.2 Å². The van der Waals surface area contributed by atoms with Crippen molar-refractivity contribution in [1.29, 1.82) is 0 Å². The lowest BCUT2D eigenvalue weighted by Crippen LogP contribution is -2.38. The third-order valence-corrected chi connectivity index (χ3v) is 5.63. The summed E-state index contributed by atoms with van der Waals surface area (Å²) in [6.45, 7) is -1.64. The minimum atomic E-state index is -4.76. The van der Waals surface area contributed by atoms with Crippen LogP contribution in [-0.2, 0) is 6.54 Å². The van der Waals surface area contributed by atoms with Gasteiger partial charge in [-0.3, -0.25) is 9.36 Å². The molecule has 1 aliphatic carbocycles. The largest absolute Gasteiger partial charge is 0.406 e. The molecule has 2 aromatic heterocycles. The molecule has 0 aliphatic heterocycles. The third kappa shape index (κ3) is 5.88. The SMILES string of the molecule is CNc1cc2c(cn1)cc(C1C=C(NC(O)Nc3cccc(F)c3)C(F)=CC1F)c(=O)n2CC(F)(F)F. The number of hydrogen-bond donors (Lipinski definition) is 4. The summed E-state index contributed by atoms with van der Waals surface area (Å²) in [6.07, 6.45) is -5.77. The van der Waals surface area contributed by atoms with Crippen molar-refractivity contribution in [2.45, 2.75) is 31.2 Å². The first-order valence-electron chi connectivity index (χ1n) is 10.9. The Kier molecular flexibility index (Phi) is 7.16. The number of alkyl halides is 4. The van der Waals surface area contributed by atoms with Crippen LogP contribution in [0.5, 0.6) is 0 Å². The molecule has 0 fully saturated rings. The van der Waals surface area contributed by atoms with E-state index in [0.29, 0.717) is 10.6 Å². The van der Waals surface area contributed by atoms with Crippen LogP contribution in [0.25, 0.3) is 10.9 Å². The molecule has 0 amide bonds. The number of halogens is 6. The van der Waals surface area contributed by atoms with E-state index >= 15 is 0 Å². The number of anilines is 2. The number of pyridine rings is 2. The summed E-state index contributed by atoms with van der Waals surface area (Å²) >= 11 is 0. The number of hydrogen-bond acceptors (Lipinski definition) is 6. The number of nitrogens with zero attached hydrogens (tertiary/aromatic N) is 2. The lowest BCUT2D eigenvalue weighted by atomic mass is 9.89. The first-order chi connectivity index (χ1) is 17.4. The Balaban J connectivity index is 1.73. The molecule has 196 valence electrons. The summed E-state index contributed by atoms with van der Waals surface area (Å²) in [5.74, 6) is -2.96. The highest BCUT2D eigenvalue weighted by Gasteiger charge is 2.33. The van der Waals surface area contributed by atoms with E-state index in [1.165, 1.54) is 43.6 Å². The summed E-state index contributed by atoms with van der Waals surface area (Å²) in [5, 5.41) is 17.9. The molecule has 13 heteroatoms. The highest BCUT2D eigenvalue weighted by Crippen LogP contribution is 2.33. The zero-order valence-electron chi connectivity index (χ0n) is 19.2. The molecule has 37 heavy (non-hydrogen) atoms. The van der Waals surface area contributed by atoms with E-state index < -0.39 is 54.1 Å². The monoisotopic (exact) mass is 525 g/mol. The molecule has 3 atom stereocenters. The maximum atomic E-state index is 15.0. The van der Waals surface area contributed by atoms with E-state index in [9.17, 15) is 36.2 Å². The van der Waals surface area contributed by atoms with Crippen molar-refractivity contribution in [2.75, 3.05) is 17.7 Å². The van der Waals surface area contributed by atoms with Crippen LogP contribution < -0.4 is 21.5 Å². The zero-order valence-corrected chi connectivity index (χ0v) is 19.2. The standard InChI is InChI=1S/C24H21F6N5O2/c1-31-21-9-20-12(10-32-21)5-16(22(36)35(20)11-24(28,29)30)15-7-19(18(27)8-17(15)26)34-23(37)33-14-4-2-3-13(25)6-14/h2-10,15,17,23,33-34,37H,11H2,1H3,(H,31,32). The van der Waals surface area contributed by atoms with Crippen molar-refractivity contribution in [3.63, 3.8) is 0 Å². The molecular formula is C24H21F6N5O2. The van der Waals surface area contributed by atoms with Gasteiger partial charge in [0.15, 0.2) is 0 Å². The fraction of sp³-hybridized carbons (Fsp3) is 0.250. The molecule has 7 nitrogen and oxygen atoms in total. The van der Waals surface area contributed by atoms with Crippen molar-refractivity contribution in [2.24, 2.45) is 0 Å². The summed E-state index contributed by atoms with van der Waals surface area (Å²) in [7, 11) is 1.50.